The molecule has 0 heterocycles. The molecule has 4 nitrogen and oxygen atoms in total. The number of methoxy groups -OCH3 is 1. The van der Waals surface area contributed by atoms with Crippen molar-refractivity contribution in [2.24, 2.45) is 5.92 Å². The zero-order valence-corrected chi connectivity index (χ0v) is 13.9. The fraction of sp³-hybridized carbons (Fsp3) is 0.938. The average Bonchev–Trinajstić information content (AvgIpc) is 3.25. The molecule has 1 aliphatic rings. The molecule has 1 saturated carbocycles. The lowest BCUT2D eigenvalue weighted by Gasteiger charge is -2.35. The fourth-order valence-electron chi connectivity index (χ4n) is 2.74. The minimum Gasteiger partial charge on any atom is -0.468 e. The lowest BCUT2D eigenvalue weighted by Crippen LogP contribution is -2.58. The van der Waals surface area contributed by atoms with Crippen LogP contribution in [0, 0.1) is 5.92 Å². The molecule has 4 heteroatoms. The van der Waals surface area contributed by atoms with E-state index in [4.69, 9.17) is 4.74 Å². The zero-order valence-electron chi connectivity index (χ0n) is 13.9. The van der Waals surface area contributed by atoms with Gasteiger partial charge < -0.3 is 9.64 Å². The first kappa shape index (κ1) is 17.4. The molecule has 20 heavy (non-hydrogen) atoms. The zero-order chi connectivity index (χ0) is 15.2. The van der Waals surface area contributed by atoms with Gasteiger partial charge in [-0.1, -0.05) is 33.6 Å². The summed E-state index contributed by atoms with van der Waals surface area (Å²) >= 11 is 0. The van der Waals surface area contributed by atoms with Gasteiger partial charge in [0, 0.05) is 19.1 Å². The Morgan fingerprint density at radius 3 is 2.35 bits per heavy atom. The Balaban J connectivity index is 2.67. The van der Waals surface area contributed by atoms with Crippen LogP contribution in [0.3, 0.4) is 0 Å². The van der Waals surface area contributed by atoms with Crippen LogP contribution in [-0.4, -0.2) is 49.2 Å². The molecule has 0 amide bonds. The van der Waals surface area contributed by atoms with Crippen LogP contribution < -0.4 is 5.32 Å². The van der Waals surface area contributed by atoms with Crippen molar-refractivity contribution in [3.8, 4) is 0 Å². The third-order valence-electron chi connectivity index (χ3n) is 4.39. The van der Waals surface area contributed by atoms with E-state index in [0.29, 0.717) is 12.0 Å². The summed E-state index contributed by atoms with van der Waals surface area (Å²) in [6, 6.07) is 0.492. The van der Waals surface area contributed by atoms with Crippen molar-refractivity contribution >= 4 is 5.97 Å². The van der Waals surface area contributed by atoms with Gasteiger partial charge in [-0.15, -0.1) is 0 Å². The molecule has 0 saturated heterocycles. The van der Waals surface area contributed by atoms with Crippen LogP contribution in [0.25, 0.3) is 0 Å². The molecule has 118 valence electrons. The standard InChI is InChI=1S/C16H32N2O2/c1-6-13(7-2)11-18(8-3)12-16(4,15(19)20-5)17-14-9-10-14/h13-14,17H,6-12H2,1-5H3. The highest BCUT2D eigenvalue weighted by Gasteiger charge is 2.40. The predicted octanol–water partition coefficient (Wildman–Crippen LogP) is 2.43. The molecule has 0 aliphatic heterocycles. The number of ether oxygens (including phenoxy) is 1. The smallest absolute Gasteiger partial charge is 0.327 e. The molecule has 0 bridgehead atoms. The van der Waals surface area contributed by atoms with E-state index >= 15 is 0 Å². The highest BCUT2D eigenvalue weighted by molar-refractivity contribution is 5.80. The number of esters is 1. The Morgan fingerprint density at radius 2 is 1.95 bits per heavy atom. The molecule has 1 atom stereocenters. The van der Waals surface area contributed by atoms with Gasteiger partial charge in [-0.25, -0.2) is 0 Å². The summed E-state index contributed by atoms with van der Waals surface area (Å²) in [5.74, 6) is 0.560. The first-order chi connectivity index (χ1) is 9.48. The van der Waals surface area contributed by atoms with Crippen molar-refractivity contribution in [3.05, 3.63) is 0 Å². The Morgan fingerprint density at radius 1 is 1.35 bits per heavy atom. The summed E-state index contributed by atoms with van der Waals surface area (Å²) in [5.41, 5.74) is -0.585. The molecule has 0 aromatic carbocycles. The van der Waals surface area contributed by atoms with E-state index in [-0.39, 0.29) is 5.97 Å². The molecule has 1 unspecified atom stereocenters. The van der Waals surface area contributed by atoms with Gasteiger partial charge in [-0.2, -0.15) is 0 Å². The van der Waals surface area contributed by atoms with E-state index in [0.717, 1.165) is 19.6 Å². The minimum absolute atomic E-state index is 0.146. The van der Waals surface area contributed by atoms with Gasteiger partial charge in [0.15, 0.2) is 0 Å². The maximum absolute atomic E-state index is 12.2. The average molecular weight is 284 g/mol. The summed E-state index contributed by atoms with van der Waals surface area (Å²) in [4.78, 5) is 14.5. The second-order valence-electron chi connectivity index (χ2n) is 6.25. The summed E-state index contributed by atoms with van der Waals surface area (Å²) in [6.45, 7) is 11.4. The van der Waals surface area contributed by atoms with Gasteiger partial charge >= 0.3 is 5.97 Å². The number of carbonyl (C=O) groups is 1. The molecule has 1 fully saturated rings. The van der Waals surface area contributed by atoms with Gasteiger partial charge in [0.2, 0.25) is 0 Å². The number of hydrogen-bond acceptors (Lipinski definition) is 4. The Hall–Kier alpha value is -0.610. The van der Waals surface area contributed by atoms with Gasteiger partial charge in [0.25, 0.3) is 0 Å². The molecule has 0 spiro atoms. The van der Waals surface area contributed by atoms with Crippen molar-refractivity contribution in [1.29, 1.82) is 0 Å². The van der Waals surface area contributed by atoms with Crippen LogP contribution in [-0.2, 0) is 9.53 Å². The topological polar surface area (TPSA) is 41.6 Å². The Bertz CT molecular complexity index is 301. The van der Waals surface area contributed by atoms with E-state index in [9.17, 15) is 4.79 Å². The van der Waals surface area contributed by atoms with Crippen LogP contribution >= 0.6 is 0 Å². The van der Waals surface area contributed by atoms with E-state index < -0.39 is 5.54 Å². The quantitative estimate of drug-likeness (QED) is 0.626. The summed E-state index contributed by atoms with van der Waals surface area (Å²) in [5, 5.41) is 3.48. The number of nitrogens with one attached hydrogen (secondary N) is 1. The van der Waals surface area contributed by atoms with Crippen molar-refractivity contribution in [3.63, 3.8) is 0 Å². The normalized spacial score (nSPS) is 18.4. The van der Waals surface area contributed by atoms with Gasteiger partial charge in [-0.05, 0) is 32.2 Å². The minimum atomic E-state index is -0.585. The van der Waals surface area contributed by atoms with Crippen molar-refractivity contribution < 1.29 is 9.53 Å². The van der Waals surface area contributed by atoms with Gasteiger partial charge in [0.1, 0.15) is 5.54 Å². The third-order valence-corrected chi connectivity index (χ3v) is 4.39. The van der Waals surface area contributed by atoms with Crippen LogP contribution in [0.2, 0.25) is 0 Å². The Labute approximate surface area is 124 Å². The first-order valence-corrected chi connectivity index (χ1v) is 8.07. The molecule has 0 aromatic rings. The predicted molar refractivity (Wildman–Crippen MR) is 82.8 cm³/mol. The number of likely N-dealkylation sites (N-methyl/N-ethyl adjacent to an activating group) is 1. The first-order valence-electron chi connectivity index (χ1n) is 8.07. The molecule has 1 aliphatic carbocycles. The molecular weight excluding hydrogens is 252 g/mol. The van der Waals surface area contributed by atoms with Crippen LogP contribution in [0.1, 0.15) is 53.4 Å². The van der Waals surface area contributed by atoms with Gasteiger partial charge in [0.05, 0.1) is 7.11 Å². The maximum atomic E-state index is 12.2. The molecule has 1 N–H and O–H groups in total. The van der Waals surface area contributed by atoms with E-state index in [1.807, 2.05) is 6.92 Å². The maximum Gasteiger partial charge on any atom is 0.327 e. The fourth-order valence-corrected chi connectivity index (χ4v) is 2.74. The SMILES string of the molecule is CCC(CC)CN(CC)CC(C)(NC1CC1)C(=O)OC. The molecule has 1 rings (SSSR count). The van der Waals surface area contributed by atoms with E-state index in [2.05, 4.69) is 31.0 Å². The van der Waals surface area contributed by atoms with Crippen molar-refractivity contribution in [2.45, 2.75) is 65.0 Å². The van der Waals surface area contributed by atoms with Crippen LogP contribution in [0.5, 0.6) is 0 Å². The molecular formula is C16H32N2O2. The van der Waals surface area contributed by atoms with Crippen LogP contribution in [0.15, 0.2) is 0 Å². The highest BCUT2D eigenvalue weighted by Crippen LogP contribution is 2.24. The van der Waals surface area contributed by atoms with Crippen LogP contribution in [0.4, 0.5) is 0 Å². The monoisotopic (exact) mass is 284 g/mol. The lowest BCUT2D eigenvalue weighted by molar-refractivity contribution is -0.149. The number of rotatable bonds is 10. The second-order valence-corrected chi connectivity index (χ2v) is 6.25. The number of hydrogen-bond donors (Lipinski definition) is 1. The second kappa shape index (κ2) is 7.99. The Kier molecular flexibility index (Phi) is 6.96. The number of carbonyl (C=O) groups excluding carboxylic acids is 1. The lowest BCUT2D eigenvalue weighted by atomic mass is 9.98. The highest BCUT2D eigenvalue weighted by atomic mass is 16.5. The van der Waals surface area contributed by atoms with E-state index in [1.165, 1.54) is 32.8 Å². The third kappa shape index (κ3) is 5.06. The van der Waals surface area contributed by atoms with Crippen molar-refractivity contribution in [2.75, 3.05) is 26.7 Å². The molecule has 0 radical (unpaired) electrons. The summed E-state index contributed by atoms with van der Waals surface area (Å²) < 4.78 is 5.02. The molecule has 0 aromatic heterocycles. The van der Waals surface area contributed by atoms with E-state index in [1.54, 1.807) is 0 Å². The summed E-state index contributed by atoms with van der Waals surface area (Å²) in [7, 11) is 1.48. The van der Waals surface area contributed by atoms with Crippen molar-refractivity contribution in [1.82, 2.24) is 10.2 Å². The van der Waals surface area contributed by atoms with Gasteiger partial charge in [-0.3, -0.25) is 10.1 Å². The number of nitrogens with zero attached hydrogens (tertiary/aromatic N) is 1. The largest absolute Gasteiger partial charge is 0.468 e. The summed E-state index contributed by atoms with van der Waals surface area (Å²) in [6.07, 6.45) is 4.73.